The fraction of sp³-hybridized carbons (Fsp3) is 0.667. The minimum Gasteiger partial charge on any atom is -0.349 e. The lowest BCUT2D eigenvalue weighted by molar-refractivity contribution is -0.121. The maximum absolute atomic E-state index is 11.7. The second-order valence-corrected chi connectivity index (χ2v) is 5.41. The molecule has 94 valence electrons. The second kappa shape index (κ2) is 5.58. The van der Waals surface area contributed by atoms with Gasteiger partial charge in [0.25, 0.3) is 0 Å². The van der Waals surface area contributed by atoms with Crippen LogP contribution in [0, 0.1) is 0 Å². The molecule has 0 saturated carbocycles. The maximum atomic E-state index is 11.7. The fourth-order valence-corrected chi connectivity index (χ4v) is 2.71. The Morgan fingerprint density at radius 2 is 2.53 bits per heavy atom. The molecule has 1 aromatic rings. The Morgan fingerprint density at radius 3 is 3.29 bits per heavy atom. The van der Waals surface area contributed by atoms with Crippen LogP contribution in [0.1, 0.15) is 36.6 Å². The van der Waals surface area contributed by atoms with Gasteiger partial charge in [0.15, 0.2) is 0 Å². The summed E-state index contributed by atoms with van der Waals surface area (Å²) in [5.74, 6) is 1.04. The highest BCUT2D eigenvalue weighted by molar-refractivity contribution is 7.98. The molecule has 1 amide bonds. The van der Waals surface area contributed by atoms with E-state index in [9.17, 15) is 4.79 Å². The van der Waals surface area contributed by atoms with Gasteiger partial charge in [-0.15, -0.1) is 0 Å². The summed E-state index contributed by atoms with van der Waals surface area (Å²) in [5.41, 5.74) is 2.47. The lowest BCUT2D eigenvalue weighted by Crippen LogP contribution is -2.31. The van der Waals surface area contributed by atoms with Crippen LogP contribution in [0.25, 0.3) is 0 Å². The summed E-state index contributed by atoms with van der Waals surface area (Å²) >= 11 is 1.70. The van der Waals surface area contributed by atoms with Crippen LogP contribution in [0.3, 0.4) is 0 Å². The van der Waals surface area contributed by atoms with Crippen LogP contribution in [0.4, 0.5) is 0 Å². The Labute approximate surface area is 106 Å². The van der Waals surface area contributed by atoms with Crippen molar-refractivity contribution in [1.29, 1.82) is 0 Å². The van der Waals surface area contributed by atoms with E-state index in [2.05, 4.69) is 10.4 Å². The number of amides is 1. The zero-order chi connectivity index (χ0) is 12.3. The van der Waals surface area contributed by atoms with E-state index in [1.165, 1.54) is 11.3 Å². The quantitative estimate of drug-likeness (QED) is 0.888. The summed E-state index contributed by atoms with van der Waals surface area (Å²) < 4.78 is 1.93. The molecule has 4 nitrogen and oxygen atoms in total. The van der Waals surface area contributed by atoms with Crippen molar-refractivity contribution in [3.8, 4) is 0 Å². The molecule has 1 atom stereocenters. The van der Waals surface area contributed by atoms with Gasteiger partial charge in [-0.05, 0) is 25.5 Å². The first kappa shape index (κ1) is 12.5. The monoisotopic (exact) mass is 253 g/mol. The average molecular weight is 253 g/mol. The van der Waals surface area contributed by atoms with E-state index in [1.54, 1.807) is 11.8 Å². The van der Waals surface area contributed by atoms with Crippen molar-refractivity contribution >= 4 is 17.7 Å². The van der Waals surface area contributed by atoms with Gasteiger partial charge in [-0.25, -0.2) is 0 Å². The molecule has 0 unspecified atom stereocenters. The summed E-state index contributed by atoms with van der Waals surface area (Å²) in [5, 5.41) is 7.40. The van der Waals surface area contributed by atoms with Crippen LogP contribution in [-0.2, 0) is 18.3 Å². The third kappa shape index (κ3) is 2.83. The van der Waals surface area contributed by atoms with Crippen LogP contribution in [0.15, 0.2) is 6.20 Å². The zero-order valence-corrected chi connectivity index (χ0v) is 11.2. The highest BCUT2D eigenvalue weighted by atomic mass is 32.2. The molecule has 1 aliphatic carbocycles. The summed E-state index contributed by atoms with van der Waals surface area (Å²) in [6.07, 6.45) is 7.75. The van der Waals surface area contributed by atoms with Crippen LogP contribution < -0.4 is 5.32 Å². The van der Waals surface area contributed by atoms with E-state index in [1.807, 2.05) is 24.2 Å². The zero-order valence-electron chi connectivity index (χ0n) is 10.4. The third-order valence-electron chi connectivity index (χ3n) is 3.24. The first-order valence-corrected chi connectivity index (χ1v) is 7.41. The van der Waals surface area contributed by atoms with Crippen LogP contribution >= 0.6 is 11.8 Å². The van der Waals surface area contributed by atoms with Crippen molar-refractivity contribution in [3.63, 3.8) is 0 Å². The molecule has 0 fully saturated rings. The molecule has 0 saturated heterocycles. The molecule has 0 radical (unpaired) electrons. The van der Waals surface area contributed by atoms with E-state index in [4.69, 9.17) is 0 Å². The molecule has 0 spiro atoms. The number of rotatable bonds is 4. The molecular formula is C12H19N3OS. The topological polar surface area (TPSA) is 46.9 Å². The first-order chi connectivity index (χ1) is 8.22. The molecule has 1 N–H and O–H groups in total. The normalized spacial score (nSPS) is 18.8. The number of carbonyl (C=O) groups excluding carboxylic acids is 1. The predicted molar refractivity (Wildman–Crippen MR) is 70.0 cm³/mol. The SMILES string of the molecule is CSCCC(=O)N[C@H]1CCCc2c1cnn2C. The van der Waals surface area contributed by atoms with Crippen molar-refractivity contribution in [2.75, 3.05) is 12.0 Å². The van der Waals surface area contributed by atoms with Gasteiger partial charge in [0, 0.05) is 30.5 Å². The maximum Gasteiger partial charge on any atom is 0.221 e. The smallest absolute Gasteiger partial charge is 0.221 e. The molecular weight excluding hydrogens is 234 g/mol. The summed E-state index contributed by atoms with van der Waals surface area (Å²) in [6, 6.07) is 0.168. The highest BCUT2D eigenvalue weighted by Gasteiger charge is 2.24. The van der Waals surface area contributed by atoms with Crippen LogP contribution in [0.5, 0.6) is 0 Å². The molecule has 5 heteroatoms. The van der Waals surface area contributed by atoms with E-state index < -0.39 is 0 Å². The van der Waals surface area contributed by atoms with Crippen LogP contribution in [0.2, 0.25) is 0 Å². The molecule has 1 aromatic heterocycles. The minimum absolute atomic E-state index is 0.154. The second-order valence-electron chi connectivity index (χ2n) is 4.43. The first-order valence-electron chi connectivity index (χ1n) is 6.01. The van der Waals surface area contributed by atoms with E-state index >= 15 is 0 Å². The Kier molecular flexibility index (Phi) is 4.10. The van der Waals surface area contributed by atoms with Crippen molar-refractivity contribution in [2.24, 2.45) is 7.05 Å². The number of aryl methyl sites for hydroxylation is 1. The number of fused-ring (bicyclic) bond motifs is 1. The summed E-state index contributed by atoms with van der Waals surface area (Å²) in [6.45, 7) is 0. The summed E-state index contributed by atoms with van der Waals surface area (Å²) in [4.78, 5) is 11.7. The Morgan fingerprint density at radius 1 is 1.71 bits per heavy atom. The van der Waals surface area contributed by atoms with Gasteiger partial charge < -0.3 is 5.32 Å². The largest absolute Gasteiger partial charge is 0.349 e. The van der Waals surface area contributed by atoms with Gasteiger partial charge in [-0.2, -0.15) is 16.9 Å². The fourth-order valence-electron chi connectivity index (χ4n) is 2.32. The number of hydrogen-bond donors (Lipinski definition) is 1. The number of carbonyl (C=O) groups is 1. The third-order valence-corrected chi connectivity index (χ3v) is 3.86. The van der Waals surface area contributed by atoms with Gasteiger partial charge in [0.2, 0.25) is 5.91 Å². The molecule has 17 heavy (non-hydrogen) atoms. The highest BCUT2D eigenvalue weighted by Crippen LogP contribution is 2.29. The Hall–Kier alpha value is -0.970. The lowest BCUT2D eigenvalue weighted by Gasteiger charge is -2.23. The molecule has 0 aromatic carbocycles. The average Bonchev–Trinajstić information content (AvgIpc) is 2.70. The van der Waals surface area contributed by atoms with Gasteiger partial charge in [0.05, 0.1) is 12.2 Å². The van der Waals surface area contributed by atoms with Gasteiger partial charge in [-0.3, -0.25) is 9.48 Å². The van der Waals surface area contributed by atoms with E-state index in [0.717, 1.165) is 25.0 Å². The van der Waals surface area contributed by atoms with Gasteiger partial charge >= 0.3 is 0 Å². The molecule has 0 bridgehead atoms. The molecule has 0 aliphatic heterocycles. The molecule has 2 rings (SSSR count). The minimum atomic E-state index is 0.154. The number of aromatic nitrogens is 2. The van der Waals surface area contributed by atoms with E-state index in [-0.39, 0.29) is 11.9 Å². The number of nitrogens with zero attached hydrogens (tertiary/aromatic N) is 2. The van der Waals surface area contributed by atoms with Gasteiger partial charge in [0.1, 0.15) is 0 Å². The van der Waals surface area contributed by atoms with Gasteiger partial charge in [-0.1, -0.05) is 0 Å². The molecule has 1 aliphatic rings. The standard InChI is InChI=1S/C12H19N3OS/c1-15-11-5-3-4-10(9(11)8-13-15)14-12(16)6-7-17-2/h8,10H,3-7H2,1-2H3,(H,14,16)/t10-/m0/s1. The van der Waals surface area contributed by atoms with Crippen molar-refractivity contribution in [2.45, 2.75) is 31.7 Å². The number of nitrogens with one attached hydrogen (secondary N) is 1. The van der Waals surface area contributed by atoms with Crippen molar-refractivity contribution < 1.29 is 4.79 Å². The number of hydrogen-bond acceptors (Lipinski definition) is 3. The predicted octanol–water partition coefficient (Wildman–Crippen LogP) is 1.67. The van der Waals surface area contributed by atoms with E-state index in [0.29, 0.717) is 6.42 Å². The molecule has 1 heterocycles. The number of thioether (sulfide) groups is 1. The Bertz CT molecular complexity index is 402. The Balaban J connectivity index is 2.01. The van der Waals surface area contributed by atoms with Crippen LogP contribution in [-0.4, -0.2) is 27.7 Å². The van der Waals surface area contributed by atoms with Crippen molar-refractivity contribution in [1.82, 2.24) is 15.1 Å². The van der Waals surface area contributed by atoms with Crippen molar-refractivity contribution in [3.05, 3.63) is 17.5 Å². The summed E-state index contributed by atoms with van der Waals surface area (Å²) in [7, 11) is 1.97. The lowest BCUT2D eigenvalue weighted by atomic mass is 9.93.